The summed E-state index contributed by atoms with van der Waals surface area (Å²) >= 11 is 1.08. The molecule has 0 N–H and O–H groups in total. The first-order chi connectivity index (χ1) is 19.1. The third kappa shape index (κ3) is 9.27. The Morgan fingerprint density at radius 1 is 0.690 bits per heavy atom. The summed E-state index contributed by atoms with van der Waals surface area (Å²) < 4.78 is 1.46. The predicted molar refractivity (Wildman–Crippen MR) is 172 cm³/mol. The van der Waals surface area contributed by atoms with E-state index in [0.717, 1.165) is 30.3 Å². The Labute approximate surface area is 280 Å². The van der Waals surface area contributed by atoms with Gasteiger partial charge in [-0.1, -0.05) is 83.0 Å². The van der Waals surface area contributed by atoms with Gasteiger partial charge in [0.2, 0.25) is 0 Å². The van der Waals surface area contributed by atoms with Crippen LogP contribution in [0, 0.1) is 6.08 Å². The minimum atomic E-state index is 0. The third-order valence-corrected chi connectivity index (χ3v) is 9.21. The molecule has 0 fully saturated rings. The van der Waals surface area contributed by atoms with Gasteiger partial charge >= 0.3 is 98.9 Å². The van der Waals surface area contributed by atoms with Gasteiger partial charge in [0.1, 0.15) is 0 Å². The van der Waals surface area contributed by atoms with Crippen molar-refractivity contribution in [1.82, 2.24) is 0 Å². The molecule has 0 heterocycles. The van der Waals surface area contributed by atoms with Crippen molar-refractivity contribution in [3.05, 3.63) is 150 Å². The van der Waals surface area contributed by atoms with Crippen molar-refractivity contribution in [2.75, 3.05) is 0 Å². The summed E-state index contributed by atoms with van der Waals surface area (Å²) in [4.78, 5) is 0. The van der Waals surface area contributed by atoms with Gasteiger partial charge in [-0.15, -0.1) is 40.1 Å². The Kier molecular flexibility index (Phi) is 13.5. The van der Waals surface area contributed by atoms with Gasteiger partial charge in [0, 0.05) is 0 Å². The fourth-order valence-electron chi connectivity index (χ4n) is 4.86. The quantitative estimate of drug-likeness (QED) is 0.185. The van der Waals surface area contributed by atoms with Crippen LogP contribution in [0.2, 0.25) is 0 Å². The predicted octanol–water partition coefficient (Wildman–Crippen LogP) is 4.42. The molecular weight excluding hydrogens is 718 g/mol. The number of hydrogen-bond donors (Lipinski definition) is 0. The Morgan fingerprint density at radius 2 is 1.29 bits per heavy atom. The molecule has 0 nitrogen and oxygen atoms in total. The maximum atomic E-state index is 2.99. The third-order valence-electron chi connectivity index (χ3n) is 7.13. The molecule has 5 aromatic carbocycles. The van der Waals surface area contributed by atoms with E-state index in [1.54, 1.807) is 0 Å². The van der Waals surface area contributed by atoms with Crippen LogP contribution in [0.3, 0.4) is 0 Å². The van der Waals surface area contributed by atoms with Gasteiger partial charge < -0.3 is 24.8 Å². The maximum absolute atomic E-state index is 2.99. The van der Waals surface area contributed by atoms with E-state index in [1.807, 2.05) is 12.2 Å². The molecule has 0 saturated heterocycles. The number of halogens is 2. The van der Waals surface area contributed by atoms with Gasteiger partial charge in [0.05, 0.1) is 0 Å². The van der Waals surface area contributed by atoms with Crippen molar-refractivity contribution in [3.8, 4) is 0 Å². The van der Waals surface area contributed by atoms with E-state index in [0.29, 0.717) is 0 Å². The van der Waals surface area contributed by atoms with Gasteiger partial charge in [-0.05, 0) is 10.8 Å². The number of rotatable bonds is 2. The van der Waals surface area contributed by atoms with E-state index in [-0.39, 0.29) is 35.6 Å². The summed E-state index contributed by atoms with van der Waals surface area (Å²) in [6.45, 7) is 13.7. The minimum absolute atomic E-state index is 0. The van der Waals surface area contributed by atoms with Crippen LogP contribution in [0.4, 0.5) is 0 Å². The second-order valence-electron chi connectivity index (χ2n) is 12.3. The summed E-state index contributed by atoms with van der Waals surface area (Å²) in [6.07, 6.45) is 10.0. The van der Waals surface area contributed by atoms with E-state index in [2.05, 4.69) is 157 Å². The van der Waals surface area contributed by atoms with Crippen molar-refractivity contribution in [2.24, 2.45) is 0 Å². The molecule has 0 aromatic heterocycles. The first-order valence-corrected chi connectivity index (χ1v) is 15.9. The van der Waals surface area contributed by atoms with E-state index < -0.39 is 0 Å². The van der Waals surface area contributed by atoms with Crippen molar-refractivity contribution in [2.45, 2.75) is 58.8 Å². The molecule has 0 spiro atoms. The Balaban J connectivity index is 0.000000253. The summed E-state index contributed by atoms with van der Waals surface area (Å²) in [5.41, 5.74) is 5.92. The van der Waals surface area contributed by atoms with Crippen molar-refractivity contribution >= 4 is 24.8 Å². The first kappa shape index (κ1) is 35.7. The second kappa shape index (κ2) is 15.9. The fraction of sp³-hybridized carbons (Fsp3) is 0.231. The van der Waals surface area contributed by atoms with E-state index in [4.69, 9.17) is 0 Å². The molecule has 0 bridgehead atoms. The molecule has 0 aliphatic heterocycles. The molecule has 0 saturated carbocycles. The molecule has 0 radical (unpaired) electrons. The van der Waals surface area contributed by atoms with E-state index in [1.165, 1.54) is 47.1 Å². The normalized spacial score (nSPS) is 12.0. The van der Waals surface area contributed by atoms with Gasteiger partial charge in [-0.2, -0.15) is 6.08 Å². The number of benzene rings is 4. The molecule has 0 atom stereocenters. The molecule has 216 valence electrons. The van der Waals surface area contributed by atoms with E-state index >= 15 is 0 Å². The summed E-state index contributed by atoms with van der Waals surface area (Å²) in [5, 5.41) is 5.55. The Morgan fingerprint density at radius 3 is 1.74 bits per heavy atom. The zero-order chi connectivity index (χ0) is 28.8. The average molecular weight is 758 g/mol. The van der Waals surface area contributed by atoms with Gasteiger partial charge in [0.25, 0.3) is 0 Å². The van der Waals surface area contributed by atoms with Gasteiger partial charge in [-0.3, -0.25) is 6.08 Å². The summed E-state index contributed by atoms with van der Waals surface area (Å²) in [6, 6.07) is 37.2. The first-order valence-electron chi connectivity index (χ1n) is 14.1. The standard InChI is InChI=1S/C21H25.C13H10.C5H5.2ClH.Hf/c1-20(2,3)15-11-10-14-12-18-16(17(14)13-15)8-7-9-19(18)21(4,5)6;1-3-7-12(8-4-1)11-13-9-5-2-6-10-13;1-2-4-5-3-1;;;/h7-13H,1-6H3;1-10H;1-3H,4H2;2*1H;/q-1;;-1;;;+2/p-2. The fourth-order valence-corrected chi connectivity index (χ4v) is 6.06. The summed E-state index contributed by atoms with van der Waals surface area (Å²) in [5.74, 6) is 0. The van der Waals surface area contributed by atoms with Crippen LogP contribution in [0.25, 0.3) is 21.5 Å². The van der Waals surface area contributed by atoms with Crippen LogP contribution < -0.4 is 24.8 Å². The molecular formula is C39H40Cl2Hf-2. The number of hydrogen-bond acceptors (Lipinski definition) is 0. The van der Waals surface area contributed by atoms with Gasteiger partial charge in [-0.25, -0.2) is 12.2 Å². The molecule has 3 heteroatoms. The van der Waals surface area contributed by atoms with Crippen molar-refractivity contribution in [3.63, 3.8) is 0 Å². The number of allylic oxidation sites excluding steroid dienone is 4. The zero-order valence-electron chi connectivity index (χ0n) is 25.5. The molecule has 1 aliphatic rings. The Bertz CT molecular complexity index is 1580. The van der Waals surface area contributed by atoms with Crippen molar-refractivity contribution < 1.29 is 48.7 Å². The topological polar surface area (TPSA) is 0 Å². The van der Waals surface area contributed by atoms with Crippen LogP contribution in [0.5, 0.6) is 0 Å². The SMILES string of the molecule is CC(C)(C)c1ccc2[cH-]c3c(C(C)(C)C)cccc3c2c1.[C-]1=CC=CC1.[Cl-].[Cl-].[Hf+2]=[C](c1ccccc1)c1ccccc1. The molecule has 1 aliphatic carbocycles. The van der Waals surface area contributed by atoms with Crippen LogP contribution >= 0.6 is 0 Å². The monoisotopic (exact) mass is 758 g/mol. The zero-order valence-corrected chi connectivity index (χ0v) is 30.6. The van der Waals surface area contributed by atoms with Crippen LogP contribution in [0.1, 0.15) is 70.2 Å². The summed E-state index contributed by atoms with van der Waals surface area (Å²) in [7, 11) is 0. The molecule has 0 unspecified atom stereocenters. The average Bonchev–Trinajstić information content (AvgIpc) is 3.64. The molecule has 42 heavy (non-hydrogen) atoms. The van der Waals surface area contributed by atoms with Crippen LogP contribution in [-0.2, 0) is 34.7 Å². The second-order valence-corrected chi connectivity index (χ2v) is 14.1. The van der Waals surface area contributed by atoms with Gasteiger partial charge in [0.15, 0.2) is 0 Å². The molecule has 0 amide bonds. The molecule has 6 rings (SSSR count). The number of fused-ring (bicyclic) bond motifs is 3. The van der Waals surface area contributed by atoms with Crippen LogP contribution in [-0.4, -0.2) is 3.26 Å². The Hall–Kier alpha value is -2.45. The van der Waals surface area contributed by atoms with Crippen LogP contribution in [0.15, 0.2) is 121 Å². The van der Waals surface area contributed by atoms with Crippen molar-refractivity contribution in [1.29, 1.82) is 0 Å². The molecule has 5 aromatic rings. The van der Waals surface area contributed by atoms with E-state index in [9.17, 15) is 0 Å².